The Morgan fingerprint density at radius 3 is 2.59 bits per heavy atom. The van der Waals surface area contributed by atoms with Crippen LogP contribution in [0.4, 0.5) is 9.57 Å². The Balaban J connectivity index is 1.27. The first-order valence-electron chi connectivity index (χ1n) is 12.9. The molecular formula is C32H31FN4OS. The SMILES string of the molecule is C=C(Nc1ccc(CN/C(=C/Cc2ccccc2C)n2ncc(SF)c2C)cc1)C1CC(=O)c2ccccc21. The Bertz CT molecular complexity index is 1540. The van der Waals surface area contributed by atoms with Gasteiger partial charge < -0.3 is 10.6 Å². The minimum Gasteiger partial charge on any atom is -0.366 e. The van der Waals surface area contributed by atoms with Gasteiger partial charge in [-0.05, 0) is 60.7 Å². The first kappa shape index (κ1) is 26.5. The fourth-order valence-electron chi connectivity index (χ4n) is 4.93. The van der Waals surface area contributed by atoms with Crippen molar-refractivity contribution in [1.29, 1.82) is 0 Å². The van der Waals surface area contributed by atoms with Crippen molar-refractivity contribution in [3.05, 3.63) is 131 Å². The fraction of sp³-hybridized carbons (Fsp3) is 0.188. The maximum Gasteiger partial charge on any atom is 0.164 e. The molecule has 0 radical (unpaired) electrons. The van der Waals surface area contributed by atoms with Crippen molar-refractivity contribution < 1.29 is 8.68 Å². The molecule has 39 heavy (non-hydrogen) atoms. The average Bonchev–Trinajstić information content (AvgIpc) is 3.50. The number of Topliss-reactive ketones (excluding diaryl/α,β-unsaturated/α-hetero) is 1. The van der Waals surface area contributed by atoms with Gasteiger partial charge in [-0.2, -0.15) is 8.98 Å². The van der Waals surface area contributed by atoms with Crippen LogP contribution in [0.2, 0.25) is 0 Å². The number of aromatic nitrogens is 2. The molecule has 5 nitrogen and oxygen atoms in total. The molecule has 0 aliphatic heterocycles. The van der Waals surface area contributed by atoms with Crippen LogP contribution in [0.25, 0.3) is 5.82 Å². The van der Waals surface area contributed by atoms with E-state index in [1.165, 1.54) is 11.1 Å². The van der Waals surface area contributed by atoms with E-state index >= 15 is 0 Å². The normalized spacial score (nSPS) is 14.8. The van der Waals surface area contributed by atoms with Gasteiger partial charge in [-0.25, -0.2) is 4.68 Å². The van der Waals surface area contributed by atoms with Crippen LogP contribution in [0, 0.1) is 13.8 Å². The van der Waals surface area contributed by atoms with E-state index in [1.807, 2.05) is 67.6 Å². The highest BCUT2D eigenvalue weighted by atomic mass is 32.2. The second kappa shape index (κ2) is 11.7. The first-order valence-corrected chi connectivity index (χ1v) is 13.6. The van der Waals surface area contributed by atoms with E-state index in [-0.39, 0.29) is 23.8 Å². The van der Waals surface area contributed by atoms with Crippen LogP contribution in [-0.2, 0) is 13.0 Å². The molecule has 0 fully saturated rings. The zero-order valence-corrected chi connectivity index (χ0v) is 22.9. The van der Waals surface area contributed by atoms with E-state index in [2.05, 4.69) is 47.4 Å². The van der Waals surface area contributed by atoms with Crippen LogP contribution in [0.15, 0.2) is 102 Å². The molecule has 3 aromatic carbocycles. The number of anilines is 1. The molecule has 0 amide bonds. The molecule has 1 aliphatic rings. The summed E-state index contributed by atoms with van der Waals surface area (Å²) < 4.78 is 15.1. The van der Waals surface area contributed by atoms with Gasteiger partial charge in [0, 0.05) is 35.8 Å². The van der Waals surface area contributed by atoms with Crippen molar-refractivity contribution in [2.24, 2.45) is 0 Å². The van der Waals surface area contributed by atoms with E-state index in [9.17, 15) is 8.68 Å². The second-order valence-corrected chi connectivity index (χ2v) is 10.4. The zero-order valence-electron chi connectivity index (χ0n) is 22.1. The van der Waals surface area contributed by atoms with E-state index < -0.39 is 0 Å². The van der Waals surface area contributed by atoms with E-state index in [1.54, 1.807) is 10.9 Å². The van der Waals surface area contributed by atoms with Gasteiger partial charge in [0.2, 0.25) is 0 Å². The Labute approximate surface area is 233 Å². The third kappa shape index (κ3) is 5.83. The molecule has 0 saturated heterocycles. The predicted octanol–water partition coefficient (Wildman–Crippen LogP) is 7.60. The number of allylic oxidation sites excluding steroid dienone is 2. The summed E-state index contributed by atoms with van der Waals surface area (Å²) >= 11 is 0.206. The predicted molar refractivity (Wildman–Crippen MR) is 157 cm³/mol. The minimum atomic E-state index is -0.0272. The van der Waals surface area contributed by atoms with Crippen molar-refractivity contribution in [1.82, 2.24) is 15.1 Å². The van der Waals surface area contributed by atoms with Crippen LogP contribution >= 0.6 is 12.1 Å². The number of hydrogen-bond donors (Lipinski definition) is 2. The minimum absolute atomic E-state index is 0.0272. The number of fused-ring (bicyclic) bond motifs is 1. The number of rotatable bonds is 10. The maximum atomic E-state index is 13.3. The van der Waals surface area contributed by atoms with Crippen molar-refractivity contribution in [2.75, 3.05) is 5.32 Å². The van der Waals surface area contributed by atoms with Crippen molar-refractivity contribution in [3.8, 4) is 0 Å². The summed E-state index contributed by atoms with van der Waals surface area (Å²) in [6.45, 7) is 8.76. The lowest BCUT2D eigenvalue weighted by Crippen LogP contribution is -2.19. The molecule has 5 rings (SSSR count). The summed E-state index contributed by atoms with van der Waals surface area (Å²) in [5.41, 5.74) is 7.84. The number of benzene rings is 3. The molecule has 7 heteroatoms. The van der Waals surface area contributed by atoms with Gasteiger partial charge in [0.05, 0.1) is 28.9 Å². The molecule has 2 N–H and O–H groups in total. The molecule has 0 spiro atoms. The number of halogens is 1. The van der Waals surface area contributed by atoms with Crippen LogP contribution in [0.3, 0.4) is 0 Å². The zero-order chi connectivity index (χ0) is 27.4. The summed E-state index contributed by atoms with van der Waals surface area (Å²) in [5, 5.41) is 11.3. The van der Waals surface area contributed by atoms with Gasteiger partial charge in [0.1, 0.15) is 5.82 Å². The average molecular weight is 539 g/mol. The van der Waals surface area contributed by atoms with Crippen LogP contribution < -0.4 is 10.6 Å². The van der Waals surface area contributed by atoms with Gasteiger partial charge in [0.25, 0.3) is 0 Å². The number of ketones is 1. The molecule has 1 aliphatic carbocycles. The smallest absolute Gasteiger partial charge is 0.164 e. The third-order valence-corrected chi connectivity index (χ3v) is 7.80. The van der Waals surface area contributed by atoms with Gasteiger partial charge in [0.15, 0.2) is 5.78 Å². The van der Waals surface area contributed by atoms with Gasteiger partial charge in [-0.1, -0.05) is 67.2 Å². The maximum absolute atomic E-state index is 13.3. The lowest BCUT2D eigenvalue weighted by molar-refractivity contribution is 0.0991. The van der Waals surface area contributed by atoms with Crippen LogP contribution in [0.1, 0.15) is 50.6 Å². The summed E-state index contributed by atoms with van der Waals surface area (Å²) in [6, 6.07) is 24.2. The lowest BCUT2D eigenvalue weighted by Gasteiger charge is -2.17. The fourth-order valence-corrected chi connectivity index (χ4v) is 5.22. The highest BCUT2D eigenvalue weighted by molar-refractivity contribution is 7.94. The van der Waals surface area contributed by atoms with Crippen LogP contribution in [0.5, 0.6) is 0 Å². The van der Waals surface area contributed by atoms with Gasteiger partial charge in [-0.15, -0.1) is 0 Å². The molecule has 0 bridgehead atoms. The third-order valence-electron chi connectivity index (χ3n) is 7.23. The second-order valence-electron chi connectivity index (χ2n) is 9.77. The Kier molecular flexibility index (Phi) is 7.98. The standard InChI is InChI=1S/C32H31FN4OS/c1-21-8-4-5-9-25(21)14-17-32(37-23(3)31(39-33)20-35-37)34-19-24-12-15-26(16-13-24)36-22(2)29-18-30(38)28-11-7-6-10-27(28)29/h4-13,15-17,20,29,34,36H,2,14,18-19H2,1,3H3/b32-17-. The monoisotopic (exact) mass is 538 g/mol. The topological polar surface area (TPSA) is 58.9 Å². The summed E-state index contributed by atoms with van der Waals surface area (Å²) in [5.74, 6) is 0.938. The molecule has 1 heterocycles. The Morgan fingerprint density at radius 1 is 1.10 bits per heavy atom. The molecule has 1 aromatic heterocycles. The van der Waals surface area contributed by atoms with E-state index in [0.717, 1.165) is 46.0 Å². The largest absolute Gasteiger partial charge is 0.366 e. The number of nitrogens with zero attached hydrogens (tertiary/aromatic N) is 2. The molecular weight excluding hydrogens is 507 g/mol. The van der Waals surface area contributed by atoms with E-state index in [0.29, 0.717) is 17.9 Å². The highest BCUT2D eigenvalue weighted by Crippen LogP contribution is 2.37. The molecule has 0 saturated carbocycles. The number of hydrogen-bond acceptors (Lipinski definition) is 5. The van der Waals surface area contributed by atoms with Crippen molar-refractivity contribution >= 4 is 29.4 Å². The Hall–Kier alpha value is -4.10. The number of nitrogens with one attached hydrogen (secondary N) is 2. The van der Waals surface area contributed by atoms with Crippen LogP contribution in [-0.4, -0.2) is 15.6 Å². The number of carbonyl (C=O) groups is 1. The summed E-state index contributed by atoms with van der Waals surface area (Å²) in [4.78, 5) is 12.9. The molecule has 1 unspecified atom stereocenters. The molecule has 198 valence electrons. The first-order chi connectivity index (χ1) is 18.9. The van der Waals surface area contributed by atoms with Crippen molar-refractivity contribution in [3.63, 3.8) is 0 Å². The number of aryl methyl sites for hydroxylation is 1. The Morgan fingerprint density at radius 2 is 1.85 bits per heavy atom. The quantitative estimate of drug-likeness (QED) is 0.218. The van der Waals surface area contributed by atoms with Gasteiger partial charge >= 0.3 is 0 Å². The highest BCUT2D eigenvalue weighted by Gasteiger charge is 2.30. The molecule has 4 aromatic rings. The number of carbonyl (C=O) groups excluding carboxylic acids is 1. The van der Waals surface area contributed by atoms with Crippen molar-refractivity contribution in [2.45, 2.75) is 44.0 Å². The summed E-state index contributed by atoms with van der Waals surface area (Å²) in [6.07, 6.45) is 4.81. The summed E-state index contributed by atoms with van der Waals surface area (Å²) in [7, 11) is 0. The lowest BCUT2D eigenvalue weighted by atomic mass is 9.98. The van der Waals surface area contributed by atoms with E-state index in [4.69, 9.17) is 0 Å². The van der Waals surface area contributed by atoms with Gasteiger partial charge in [-0.3, -0.25) is 4.79 Å². The molecule has 1 atom stereocenters.